The second-order valence-corrected chi connectivity index (χ2v) is 19.3. The minimum absolute atomic E-state index is 0.135. The van der Waals surface area contributed by atoms with Crippen molar-refractivity contribution in [3.63, 3.8) is 0 Å². The van der Waals surface area contributed by atoms with Gasteiger partial charge in [-0.2, -0.15) is 0 Å². The molecule has 9 nitrogen and oxygen atoms in total. The van der Waals surface area contributed by atoms with Gasteiger partial charge in [0, 0.05) is 68.5 Å². The molecule has 0 aromatic heterocycles. The molecule has 4 aliphatic rings. The van der Waals surface area contributed by atoms with Gasteiger partial charge < -0.3 is 14.4 Å². The van der Waals surface area contributed by atoms with E-state index in [1.165, 1.54) is 5.56 Å². The molecule has 292 valence electrons. The maximum atomic E-state index is 13.6. The third-order valence-corrected chi connectivity index (χ3v) is 14.5. The fourth-order valence-corrected chi connectivity index (χ4v) is 10.2. The van der Waals surface area contributed by atoms with Crippen molar-refractivity contribution < 1.29 is 22.7 Å². The van der Waals surface area contributed by atoms with E-state index in [2.05, 4.69) is 59.3 Å². The number of carbonyl (C=O) groups excluding carboxylic acids is 1. The number of aryl methyl sites for hydroxylation is 1. The molecule has 2 aromatic carbocycles. The monoisotopic (exact) mass is 768 g/mol. The van der Waals surface area contributed by atoms with Crippen LogP contribution in [-0.2, 0) is 27.8 Å². The van der Waals surface area contributed by atoms with Gasteiger partial charge in [0.05, 0.1) is 10.9 Å². The van der Waals surface area contributed by atoms with E-state index < -0.39 is 26.8 Å². The lowest BCUT2D eigenvalue weighted by Gasteiger charge is -2.52. The lowest BCUT2D eigenvalue weighted by molar-refractivity contribution is -0.114. The number of halogens is 1. The molecule has 3 aliphatic heterocycles. The zero-order valence-corrected chi connectivity index (χ0v) is 34.3. The van der Waals surface area contributed by atoms with Gasteiger partial charge in [0.2, 0.25) is 10.0 Å². The van der Waals surface area contributed by atoms with Crippen LogP contribution < -0.4 is 14.4 Å². The van der Waals surface area contributed by atoms with E-state index in [0.29, 0.717) is 36.9 Å². The van der Waals surface area contributed by atoms with Crippen LogP contribution in [0.1, 0.15) is 95.1 Å². The fourth-order valence-electron chi connectivity index (χ4n) is 8.74. The lowest BCUT2D eigenvalue weighted by Crippen LogP contribution is -2.60. The molecule has 1 amide bonds. The summed E-state index contributed by atoms with van der Waals surface area (Å²) in [5, 5.41) is -0.0564. The molecule has 5 atom stereocenters. The summed E-state index contributed by atoms with van der Waals surface area (Å²) in [6, 6.07) is 11.3. The molecule has 0 unspecified atom stereocenters. The van der Waals surface area contributed by atoms with Gasteiger partial charge >= 0.3 is 0 Å². The minimum Gasteiger partial charge on any atom is -0.487 e. The number of ether oxygens (including phenoxy) is 2. The maximum Gasteiger partial charge on any atom is 0.264 e. The number of anilines is 1. The summed E-state index contributed by atoms with van der Waals surface area (Å²) in [5.41, 5.74) is 3.04. The predicted octanol–water partition coefficient (Wildman–Crippen LogP) is 7.32. The van der Waals surface area contributed by atoms with Crippen molar-refractivity contribution in [2.24, 2.45) is 17.8 Å². The number of nitrogens with zero attached hydrogens (tertiary/aromatic N) is 3. The van der Waals surface area contributed by atoms with Crippen molar-refractivity contribution in [2.45, 2.75) is 103 Å². The van der Waals surface area contributed by atoms with Gasteiger partial charge in [-0.15, -0.1) is 0 Å². The molecule has 2 aromatic rings. The SMILES string of the molecule is CCO[C@]1(CN2CCN(C(C)(C)C)CC2)/C=C/C[C@H](C)[C@@H](C)S(=O)(=O)NC(=O)c2ccc3c(c2)N(CCCCc2cc(Cl)ccc2CO3)C[C@@H]2CC[C@H]21. The Hall–Kier alpha value is -2.63. The van der Waals surface area contributed by atoms with E-state index >= 15 is 0 Å². The van der Waals surface area contributed by atoms with Crippen LogP contribution in [-0.4, -0.2) is 92.9 Å². The number of carbonyl (C=O) groups is 1. The summed E-state index contributed by atoms with van der Waals surface area (Å²) >= 11 is 6.42. The zero-order chi connectivity index (χ0) is 38.0. The molecule has 53 heavy (non-hydrogen) atoms. The van der Waals surface area contributed by atoms with Crippen LogP contribution in [0.25, 0.3) is 0 Å². The molecule has 1 N–H and O–H groups in total. The first-order valence-corrected chi connectivity index (χ1v) is 21.8. The first-order valence-electron chi connectivity index (χ1n) is 19.8. The van der Waals surface area contributed by atoms with E-state index in [4.69, 9.17) is 21.1 Å². The standard InChI is InChI=1S/C42H61ClN4O5S/c1-7-52-42(29-45-21-23-47(24-22-45)41(4,5)6)19-10-11-30(2)31(3)53(49,50)44-40(48)33-15-18-39-38(26-33)46(27-34-14-17-37(34)42)20-9-8-12-32-25-36(43)16-13-35(32)28-51-39/h10,13,15-16,18-19,25-26,30-31,34,37H,7-9,11-12,14,17,20-24,27-29H2,1-6H3,(H,44,48)/b19-10+/t30-,31+,34-,37+,42-/m0/s1. The summed E-state index contributed by atoms with van der Waals surface area (Å²) in [7, 11) is -3.96. The second-order valence-electron chi connectivity index (χ2n) is 16.8. The number of hydrogen-bond donors (Lipinski definition) is 1. The summed E-state index contributed by atoms with van der Waals surface area (Å²) < 4.78 is 43.2. The second kappa shape index (κ2) is 16.6. The average Bonchev–Trinajstić information content (AvgIpc) is 3.12. The number of hydrogen-bond acceptors (Lipinski definition) is 8. The third-order valence-electron chi connectivity index (χ3n) is 12.4. The molecule has 11 heteroatoms. The number of sulfonamides is 1. The number of rotatable bonds is 4. The Labute approximate surface area is 323 Å². The highest BCUT2D eigenvalue weighted by Crippen LogP contribution is 2.47. The van der Waals surface area contributed by atoms with Gasteiger partial charge in [-0.1, -0.05) is 36.7 Å². The molecule has 1 aliphatic carbocycles. The topological polar surface area (TPSA) is 91.4 Å². The molecule has 2 fully saturated rings. The van der Waals surface area contributed by atoms with Crippen LogP contribution in [0.5, 0.6) is 5.75 Å². The van der Waals surface area contributed by atoms with E-state index in [1.807, 2.05) is 37.3 Å². The average molecular weight is 769 g/mol. The van der Waals surface area contributed by atoms with E-state index in [0.717, 1.165) is 94.2 Å². The Kier molecular flexibility index (Phi) is 12.6. The number of amides is 1. The smallest absolute Gasteiger partial charge is 0.264 e. The van der Waals surface area contributed by atoms with E-state index in [9.17, 15) is 13.2 Å². The van der Waals surface area contributed by atoms with E-state index in [1.54, 1.807) is 13.0 Å². The van der Waals surface area contributed by atoms with Crippen LogP contribution in [0.4, 0.5) is 5.69 Å². The summed E-state index contributed by atoms with van der Waals surface area (Å²) in [6.45, 7) is 19.9. The maximum absolute atomic E-state index is 13.6. The van der Waals surface area contributed by atoms with Gasteiger partial charge in [-0.25, -0.2) is 13.1 Å². The van der Waals surface area contributed by atoms with Crippen LogP contribution in [0, 0.1) is 17.8 Å². The number of piperazine rings is 1. The molecule has 6 rings (SSSR count). The largest absolute Gasteiger partial charge is 0.487 e. The van der Waals surface area contributed by atoms with Crippen molar-refractivity contribution >= 4 is 33.2 Å². The molecule has 0 radical (unpaired) electrons. The number of allylic oxidation sites excluding steroid dienone is 1. The minimum atomic E-state index is -3.96. The van der Waals surface area contributed by atoms with Crippen molar-refractivity contribution in [3.8, 4) is 5.75 Å². The first kappa shape index (κ1) is 40.0. The quantitative estimate of drug-likeness (QED) is 0.324. The van der Waals surface area contributed by atoms with E-state index in [-0.39, 0.29) is 17.4 Å². The van der Waals surface area contributed by atoms with Crippen LogP contribution in [0.2, 0.25) is 5.02 Å². The van der Waals surface area contributed by atoms with Crippen LogP contribution in [0.3, 0.4) is 0 Å². The molecular formula is C42H61ClN4O5S. The Morgan fingerprint density at radius 2 is 1.77 bits per heavy atom. The van der Waals surface area contributed by atoms with Crippen LogP contribution in [0.15, 0.2) is 48.6 Å². The van der Waals surface area contributed by atoms with Crippen LogP contribution >= 0.6 is 11.6 Å². The highest BCUT2D eigenvalue weighted by molar-refractivity contribution is 7.90. The Morgan fingerprint density at radius 1 is 1.00 bits per heavy atom. The van der Waals surface area contributed by atoms with Gasteiger partial charge in [-0.3, -0.25) is 14.6 Å². The molecule has 1 saturated carbocycles. The number of fused-ring (bicyclic) bond motifs is 3. The van der Waals surface area contributed by atoms with Gasteiger partial charge in [0.1, 0.15) is 18.0 Å². The zero-order valence-electron chi connectivity index (χ0n) is 32.7. The Balaban J connectivity index is 1.38. The molecule has 0 spiro atoms. The van der Waals surface area contributed by atoms with Crippen molar-refractivity contribution in [2.75, 3.05) is 57.3 Å². The first-order chi connectivity index (χ1) is 25.2. The molecule has 3 heterocycles. The summed E-state index contributed by atoms with van der Waals surface area (Å²) in [5.74, 6) is 0.485. The third kappa shape index (κ3) is 9.26. The van der Waals surface area contributed by atoms with Crippen molar-refractivity contribution in [1.29, 1.82) is 0 Å². The van der Waals surface area contributed by atoms with Crippen molar-refractivity contribution in [3.05, 3.63) is 70.3 Å². The van der Waals surface area contributed by atoms with Gasteiger partial charge in [0.25, 0.3) is 5.91 Å². The number of nitrogens with one attached hydrogen (secondary N) is 1. The molecule has 1 saturated heterocycles. The molecule has 2 bridgehead atoms. The lowest BCUT2D eigenvalue weighted by atomic mass is 9.63. The van der Waals surface area contributed by atoms with Gasteiger partial charge in [0.15, 0.2) is 0 Å². The Morgan fingerprint density at radius 3 is 2.47 bits per heavy atom. The molecular weight excluding hydrogens is 708 g/mol. The summed E-state index contributed by atoms with van der Waals surface area (Å²) in [6.07, 6.45) is 9.99. The Bertz CT molecular complexity index is 1740. The van der Waals surface area contributed by atoms with Crippen molar-refractivity contribution in [1.82, 2.24) is 14.5 Å². The number of benzene rings is 2. The predicted molar refractivity (Wildman–Crippen MR) is 214 cm³/mol. The van der Waals surface area contributed by atoms with Gasteiger partial charge in [-0.05, 0) is 132 Å². The highest BCUT2D eigenvalue weighted by Gasteiger charge is 2.49. The fraction of sp³-hybridized carbons (Fsp3) is 0.643. The summed E-state index contributed by atoms with van der Waals surface area (Å²) in [4.78, 5) is 21.2. The highest BCUT2D eigenvalue weighted by atomic mass is 35.5. The normalized spacial score (nSPS) is 29.7.